The number of allylic oxidation sites excluding steroid dienone is 2. The topological polar surface area (TPSA) is 12.9 Å². The maximum atomic E-state index is 13.6. The molecule has 0 radical (unpaired) electrons. The average Bonchev–Trinajstić information content (AvgIpc) is 2.59. The van der Waals surface area contributed by atoms with Crippen LogP contribution in [-0.2, 0) is 0 Å². The fourth-order valence-electron chi connectivity index (χ4n) is 3.39. The van der Waals surface area contributed by atoms with E-state index in [1.165, 1.54) is 37.3 Å². The number of nitrogens with zero attached hydrogens (tertiary/aromatic N) is 1. The van der Waals surface area contributed by atoms with Gasteiger partial charge in [-0.3, -0.25) is 4.98 Å². The summed E-state index contributed by atoms with van der Waals surface area (Å²) in [7, 11) is 0. The SMILES string of the molecule is C/C=C/C1CCC(c2ccc(-c3ccc(Cl)c(F)c3)nc2)CC1. The second-order valence-electron chi connectivity index (χ2n) is 6.24. The first-order valence-electron chi connectivity index (χ1n) is 8.21. The lowest BCUT2D eigenvalue weighted by Gasteiger charge is -2.26. The molecule has 1 nitrogen and oxygen atoms in total. The quantitative estimate of drug-likeness (QED) is 0.594. The number of hydrogen-bond donors (Lipinski definition) is 0. The summed E-state index contributed by atoms with van der Waals surface area (Å²) in [5.41, 5.74) is 2.84. The fourth-order valence-corrected chi connectivity index (χ4v) is 3.51. The maximum Gasteiger partial charge on any atom is 0.142 e. The predicted octanol–water partition coefficient (Wildman–Crippen LogP) is 6.39. The molecule has 1 aliphatic rings. The molecule has 0 spiro atoms. The fraction of sp³-hybridized carbons (Fsp3) is 0.350. The minimum Gasteiger partial charge on any atom is -0.256 e. The number of halogens is 2. The van der Waals surface area contributed by atoms with Crippen LogP contribution in [0.4, 0.5) is 4.39 Å². The summed E-state index contributed by atoms with van der Waals surface area (Å²) >= 11 is 5.73. The van der Waals surface area contributed by atoms with Gasteiger partial charge in [-0.25, -0.2) is 4.39 Å². The van der Waals surface area contributed by atoms with Crippen LogP contribution in [0.2, 0.25) is 5.02 Å². The Balaban J connectivity index is 1.71. The third kappa shape index (κ3) is 3.81. The van der Waals surface area contributed by atoms with Crippen molar-refractivity contribution in [3.05, 3.63) is 65.1 Å². The molecule has 2 aromatic rings. The highest BCUT2D eigenvalue weighted by molar-refractivity contribution is 6.30. The van der Waals surface area contributed by atoms with Gasteiger partial charge in [0.1, 0.15) is 5.82 Å². The van der Waals surface area contributed by atoms with Gasteiger partial charge in [0.15, 0.2) is 0 Å². The molecule has 0 unspecified atom stereocenters. The number of benzene rings is 1. The first-order chi connectivity index (χ1) is 11.2. The first kappa shape index (κ1) is 16.2. The minimum absolute atomic E-state index is 0.142. The van der Waals surface area contributed by atoms with Gasteiger partial charge in [-0.1, -0.05) is 35.9 Å². The Hall–Kier alpha value is -1.67. The smallest absolute Gasteiger partial charge is 0.142 e. The van der Waals surface area contributed by atoms with Crippen molar-refractivity contribution in [1.82, 2.24) is 4.98 Å². The van der Waals surface area contributed by atoms with E-state index in [1.54, 1.807) is 12.1 Å². The lowest BCUT2D eigenvalue weighted by molar-refractivity contribution is 0.375. The lowest BCUT2D eigenvalue weighted by Crippen LogP contribution is -2.11. The zero-order valence-electron chi connectivity index (χ0n) is 13.3. The summed E-state index contributed by atoms with van der Waals surface area (Å²) in [6.07, 6.45) is 11.4. The molecule has 0 aliphatic heterocycles. The molecule has 3 heteroatoms. The molecule has 23 heavy (non-hydrogen) atoms. The van der Waals surface area contributed by atoms with Gasteiger partial charge in [0.2, 0.25) is 0 Å². The van der Waals surface area contributed by atoms with E-state index in [-0.39, 0.29) is 5.02 Å². The van der Waals surface area contributed by atoms with Gasteiger partial charge in [0.25, 0.3) is 0 Å². The standard InChI is InChI=1S/C20H21ClFN/c1-2-3-14-4-6-15(7-5-14)17-9-11-20(23-13-17)16-8-10-18(21)19(22)12-16/h2-3,8-15H,4-7H2,1H3/b3-2+. The number of pyridine rings is 1. The van der Waals surface area contributed by atoms with Crippen molar-refractivity contribution in [3.63, 3.8) is 0 Å². The van der Waals surface area contributed by atoms with Crippen LogP contribution >= 0.6 is 11.6 Å². The third-order valence-corrected chi connectivity index (χ3v) is 5.02. The summed E-state index contributed by atoms with van der Waals surface area (Å²) in [6.45, 7) is 2.09. The first-order valence-corrected chi connectivity index (χ1v) is 8.59. The Kier molecular flexibility index (Phi) is 5.12. The average molecular weight is 330 g/mol. The molecule has 3 rings (SSSR count). The van der Waals surface area contributed by atoms with Crippen molar-refractivity contribution in [3.8, 4) is 11.3 Å². The molecule has 1 fully saturated rings. The van der Waals surface area contributed by atoms with E-state index in [9.17, 15) is 4.39 Å². The highest BCUT2D eigenvalue weighted by Crippen LogP contribution is 2.36. The summed E-state index contributed by atoms with van der Waals surface area (Å²) in [5.74, 6) is 0.929. The lowest BCUT2D eigenvalue weighted by atomic mass is 9.79. The number of hydrogen-bond acceptors (Lipinski definition) is 1. The highest BCUT2D eigenvalue weighted by Gasteiger charge is 2.21. The monoisotopic (exact) mass is 329 g/mol. The van der Waals surface area contributed by atoms with Crippen LogP contribution in [0.5, 0.6) is 0 Å². The predicted molar refractivity (Wildman–Crippen MR) is 94.2 cm³/mol. The summed E-state index contributed by atoms with van der Waals surface area (Å²) < 4.78 is 13.6. The maximum absolute atomic E-state index is 13.6. The van der Waals surface area contributed by atoms with Gasteiger partial charge in [0.05, 0.1) is 10.7 Å². The Labute approximate surface area is 142 Å². The molecule has 0 N–H and O–H groups in total. The summed E-state index contributed by atoms with van der Waals surface area (Å²) in [6, 6.07) is 8.93. The summed E-state index contributed by atoms with van der Waals surface area (Å²) in [4.78, 5) is 4.53. The largest absolute Gasteiger partial charge is 0.256 e. The molecule has 1 heterocycles. The van der Waals surface area contributed by atoms with E-state index in [4.69, 9.17) is 11.6 Å². The van der Waals surface area contributed by atoms with Gasteiger partial charge in [-0.15, -0.1) is 0 Å². The van der Waals surface area contributed by atoms with Crippen molar-refractivity contribution in [2.24, 2.45) is 5.92 Å². The van der Waals surface area contributed by atoms with Crippen molar-refractivity contribution >= 4 is 11.6 Å². The van der Waals surface area contributed by atoms with E-state index in [0.717, 1.165) is 17.2 Å². The second-order valence-corrected chi connectivity index (χ2v) is 6.65. The van der Waals surface area contributed by atoms with Gasteiger partial charge in [-0.05, 0) is 68.2 Å². The van der Waals surface area contributed by atoms with E-state index >= 15 is 0 Å². The van der Waals surface area contributed by atoms with Crippen molar-refractivity contribution < 1.29 is 4.39 Å². The molecule has 1 saturated carbocycles. The van der Waals surface area contributed by atoms with Crippen LogP contribution in [0.25, 0.3) is 11.3 Å². The second kappa shape index (κ2) is 7.27. The van der Waals surface area contributed by atoms with Crippen molar-refractivity contribution in [1.29, 1.82) is 0 Å². The van der Waals surface area contributed by atoms with E-state index < -0.39 is 5.82 Å². The molecule has 1 aromatic carbocycles. The normalized spacial score (nSPS) is 21.7. The van der Waals surface area contributed by atoms with Crippen molar-refractivity contribution in [2.45, 2.75) is 38.5 Å². The zero-order valence-corrected chi connectivity index (χ0v) is 14.1. The van der Waals surface area contributed by atoms with Crippen LogP contribution in [-0.4, -0.2) is 4.98 Å². The van der Waals surface area contributed by atoms with Crippen LogP contribution in [0, 0.1) is 11.7 Å². The van der Waals surface area contributed by atoms with Gasteiger partial charge in [0, 0.05) is 11.8 Å². The van der Waals surface area contributed by atoms with E-state index in [0.29, 0.717) is 5.92 Å². The zero-order chi connectivity index (χ0) is 16.2. The van der Waals surface area contributed by atoms with Crippen LogP contribution in [0.1, 0.15) is 44.1 Å². The van der Waals surface area contributed by atoms with E-state index in [1.807, 2.05) is 12.3 Å². The number of aromatic nitrogens is 1. The van der Waals surface area contributed by atoms with Crippen LogP contribution in [0.15, 0.2) is 48.7 Å². The minimum atomic E-state index is -0.405. The third-order valence-electron chi connectivity index (χ3n) is 4.71. The Bertz CT molecular complexity index is 685. The van der Waals surface area contributed by atoms with Crippen LogP contribution < -0.4 is 0 Å². The van der Waals surface area contributed by atoms with Crippen molar-refractivity contribution in [2.75, 3.05) is 0 Å². The molecular weight excluding hydrogens is 309 g/mol. The molecule has 120 valence electrons. The molecule has 0 atom stereocenters. The van der Waals surface area contributed by atoms with Gasteiger partial charge < -0.3 is 0 Å². The van der Waals surface area contributed by atoms with Gasteiger partial charge in [-0.2, -0.15) is 0 Å². The van der Waals surface area contributed by atoms with Gasteiger partial charge >= 0.3 is 0 Å². The highest BCUT2D eigenvalue weighted by atomic mass is 35.5. The number of rotatable bonds is 3. The summed E-state index contributed by atoms with van der Waals surface area (Å²) in [5, 5.41) is 0.142. The molecular formula is C20H21ClFN. The van der Waals surface area contributed by atoms with E-state index in [2.05, 4.69) is 30.1 Å². The van der Waals surface area contributed by atoms with Crippen LogP contribution in [0.3, 0.4) is 0 Å². The molecule has 0 amide bonds. The Morgan fingerprint density at radius 1 is 1.13 bits per heavy atom. The molecule has 0 saturated heterocycles. The Morgan fingerprint density at radius 2 is 1.91 bits per heavy atom. The Morgan fingerprint density at radius 3 is 2.52 bits per heavy atom. The molecule has 1 aromatic heterocycles. The molecule has 0 bridgehead atoms. The molecule has 1 aliphatic carbocycles.